The van der Waals surface area contributed by atoms with Crippen LogP contribution in [-0.2, 0) is 17.8 Å². The largest absolute Gasteiger partial charge is 0.490 e. The molecule has 5 rings (SSSR count). The van der Waals surface area contributed by atoms with Crippen molar-refractivity contribution in [3.8, 4) is 11.5 Å². The maximum Gasteiger partial charge on any atom is 0.254 e. The van der Waals surface area contributed by atoms with Crippen molar-refractivity contribution in [1.29, 1.82) is 0 Å². The first-order valence-corrected chi connectivity index (χ1v) is 12.8. The summed E-state index contributed by atoms with van der Waals surface area (Å²) >= 11 is 6.19. The number of halogens is 2. The van der Waals surface area contributed by atoms with Gasteiger partial charge in [-0.25, -0.2) is 4.39 Å². The monoisotopic (exact) mass is 522 g/mol. The zero-order valence-corrected chi connectivity index (χ0v) is 21.5. The van der Waals surface area contributed by atoms with Gasteiger partial charge in [0.2, 0.25) is 5.91 Å². The Morgan fingerprint density at radius 2 is 1.78 bits per heavy atom. The fourth-order valence-corrected chi connectivity index (χ4v) is 5.55. The third kappa shape index (κ3) is 4.64. The van der Waals surface area contributed by atoms with Gasteiger partial charge in [-0.2, -0.15) is 0 Å². The van der Waals surface area contributed by atoms with Crippen LogP contribution in [0.5, 0.6) is 11.5 Å². The van der Waals surface area contributed by atoms with Crippen LogP contribution in [0.2, 0.25) is 5.02 Å². The Hall–Kier alpha value is -3.58. The first-order chi connectivity index (χ1) is 17.9. The minimum atomic E-state index is -0.653. The maximum atomic E-state index is 13.8. The van der Waals surface area contributed by atoms with Crippen molar-refractivity contribution in [2.75, 3.05) is 19.8 Å². The topological polar surface area (TPSA) is 67.9 Å². The number of rotatable bonds is 7. The van der Waals surface area contributed by atoms with E-state index in [4.69, 9.17) is 21.1 Å². The average molecular weight is 523 g/mol. The van der Waals surface area contributed by atoms with Crippen LogP contribution in [0.4, 0.5) is 4.39 Å². The lowest BCUT2D eigenvalue weighted by atomic mass is 9.75. The molecule has 6 nitrogen and oxygen atoms in total. The molecule has 0 saturated heterocycles. The summed E-state index contributed by atoms with van der Waals surface area (Å²) in [5.41, 5.74) is 3.72. The molecule has 8 heteroatoms. The smallest absolute Gasteiger partial charge is 0.254 e. The van der Waals surface area contributed by atoms with Crippen LogP contribution in [-0.4, -0.2) is 36.5 Å². The second-order valence-electron chi connectivity index (χ2n) is 9.08. The Kier molecular flexibility index (Phi) is 7.07. The molecule has 2 atom stereocenters. The van der Waals surface area contributed by atoms with Crippen molar-refractivity contribution < 1.29 is 23.5 Å². The summed E-state index contributed by atoms with van der Waals surface area (Å²) in [6.07, 6.45) is 0.645. The molecule has 0 bridgehead atoms. The summed E-state index contributed by atoms with van der Waals surface area (Å²) in [5.74, 6) is -0.177. The van der Waals surface area contributed by atoms with E-state index in [1.807, 2.05) is 44.2 Å². The summed E-state index contributed by atoms with van der Waals surface area (Å²) in [4.78, 5) is 29.2. The molecule has 0 spiro atoms. The van der Waals surface area contributed by atoms with Gasteiger partial charge in [-0.3, -0.25) is 9.59 Å². The quantitative estimate of drug-likeness (QED) is 0.449. The fourth-order valence-electron chi connectivity index (χ4n) is 5.31. The molecule has 0 saturated carbocycles. The van der Waals surface area contributed by atoms with Crippen LogP contribution in [0.15, 0.2) is 54.6 Å². The zero-order chi connectivity index (χ0) is 26.1. The number of benzene rings is 3. The lowest BCUT2D eigenvalue weighted by Gasteiger charge is -2.45. The van der Waals surface area contributed by atoms with Gasteiger partial charge in [-0.05, 0) is 72.9 Å². The summed E-state index contributed by atoms with van der Waals surface area (Å²) in [7, 11) is 0. The van der Waals surface area contributed by atoms with E-state index in [1.54, 1.807) is 17.0 Å². The minimum Gasteiger partial charge on any atom is -0.490 e. The average Bonchev–Trinajstić information content (AvgIpc) is 2.89. The van der Waals surface area contributed by atoms with Gasteiger partial charge in [-0.15, -0.1) is 0 Å². The Morgan fingerprint density at radius 1 is 1.05 bits per heavy atom. The van der Waals surface area contributed by atoms with Gasteiger partial charge < -0.3 is 19.7 Å². The van der Waals surface area contributed by atoms with Crippen molar-refractivity contribution in [2.45, 2.75) is 38.8 Å². The van der Waals surface area contributed by atoms with Crippen LogP contribution >= 0.6 is 11.6 Å². The van der Waals surface area contributed by atoms with Crippen LogP contribution in [0.3, 0.4) is 0 Å². The summed E-state index contributed by atoms with van der Waals surface area (Å²) in [5, 5.41) is 3.22. The van der Waals surface area contributed by atoms with Gasteiger partial charge in [0.25, 0.3) is 5.91 Å². The van der Waals surface area contributed by atoms with Gasteiger partial charge in [-0.1, -0.05) is 35.9 Å². The molecule has 0 fully saturated rings. The van der Waals surface area contributed by atoms with Crippen LogP contribution in [0, 0.1) is 5.82 Å². The predicted octanol–water partition coefficient (Wildman–Crippen LogP) is 5.43. The van der Waals surface area contributed by atoms with Crippen LogP contribution < -0.4 is 14.8 Å². The van der Waals surface area contributed by atoms with E-state index in [0.717, 1.165) is 11.1 Å². The Morgan fingerprint density at radius 3 is 2.51 bits per heavy atom. The molecule has 37 heavy (non-hydrogen) atoms. The van der Waals surface area contributed by atoms with Gasteiger partial charge in [0.15, 0.2) is 11.5 Å². The molecule has 3 aromatic carbocycles. The molecule has 0 aliphatic carbocycles. The number of hydrogen-bond acceptors (Lipinski definition) is 4. The molecule has 1 N–H and O–H groups in total. The van der Waals surface area contributed by atoms with E-state index in [0.29, 0.717) is 54.4 Å². The van der Waals surface area contributed by atoms with Crippen molar-refractivity contribution in [1.82, 2.24) is 10.2 Å². The number of carbonyl (C=O) groups is 2. The molecular weight excluding hydrogens is 495 g/mol. The van der Waals surface area contributed by atoms with Gasteiger partial charge in [0, 0.05) is 23.7 Å². The highest BCUT2D eigenvalue weighted by Gasteiger charge is 2.46. The standard InChI is InChI=1S/C29H28ClFN2O4/c1-3-36-24-13-17-11-12-33-27(22(17)15-25(24)37-4-2)26(20-7-5-6-8-21(20)29(33)35)28(34)32-16-18-9-10-19(31)14-23(18)30/h5-10,13-15,26-27H,3-4,11-12,16H2,1-2H3,(H,32,34). The Labute approximate surface area is 220 Å². The molecule has 192 valence electrons. The molecule has 0 aromatic heterocycles. The molecule has 0 radical (unpaired) electrons. The summed E-state index contributed by atoms with van der Waals surface area (Å²) < 4.78 is 25.2. The van der Waals surface area contributed by atoms with Crippen LogP contribution in [0.1, 0.15) is 58.4 Å². The van der Waals surface area contributed by atoms with E-state index < -0.39 is 17.8 Å². The number of ether oxygens (including phenoxy) is 2. The number of nitrogens with zero attached hydrogens (tertiary/aromatic N) is 1. The van der Waals surface area contributed by atoms with Crippen LogP contribution in [0.25, 0.3) is 0 Å². The highest BCUT2D eigenvalue weighted by molar-refractivity contribution is 6.31. The fraction of sp³-hybridized carbons (Fsp3) is 0.310. The van der Waals surface area contributed by atoms with E-state index in [9.17, 15) is 14.0 Å². The highest BCUT2D eigenvalue weighted by Crippen LogP contribution is 2.48. The predicted molar refractivity (Wildman–Crippen MR) is 139 cm³/mol. The van der Waals surface area contributed by atoms with Gasteiger partial charge >= 0.3 is 0 Å². The summed E-state index contributed by atoms with van der Waals surface area (Å²) in [6, 6.07) is 14.7. The molecule has 2 heterocycles. The molecule has 2 unspecified atom stereocenters. The normalized spacial score (nSPS) is 17.9. The number of fused-ring (bicyclic) bond motifs is 4. The third-order valence-corrected chi connectivity index (χ3v) is 7.29. The number of nitrogens with one attached hydrogen (secondary N) is 1. The molecule has 3 aromatic rings. The van der Waals surface area contributed by atoms with Gasteiger partial charge in [0.05, 0.1) is 25.2 Å². The molecular formula is C29H28ClFN2O4. The number of carbonyl (C=O) groups excluding carboxylic acids is 2. The van der Waals surface area contributed by atoms with Crippen molar-refractivity contribution >= 4 is 23.4 Å². The molecule has 2 aliphatic heterocycles. The third-order valence-electron chi connectivity index (χ3n) is 6.94. The zero-order valence-electron chi connectivity index (χ0n) is 20.7. The van der Waals surface area contributed by atoms with E-state index >= 15 is 0 Å². The van der Waals surface area contributed by atoms with Crippen molar-refractivity contribution in [2.24, 2.45) is 0 Å². The Balaban J connectivity index is 1.57. The Bertz CT molecular complexity index is 1360. The molecule has 2 aliphatic rings. The lowest BCUT2D eigenvalue weighted by Crippen LogP contribution is -2.50. The first-order valence-electron chi connectivity index (χ1n) is 12.5. The molecule has 2 amide bonds. The number of amides is 2. The van der Waals surface area contributed by atoms with E-state index in [1.165, 1.54) is 12.1 Å². The minimum absolute atomic E-state index is 0.0938. The first kappa shape index (κ1) is 25.1. The summed E-state index contributed by atoms with van der Waals surface area (Å²) in [6.45, 7) is 5.39. The SMILES string of the molecule is CCOc1cc2c(cc1OCC)C1C(C(=O)NCc3ccc(F)cc3Cl)c3ccccc3C(=O)N1CC2. The second-order valence-corrected chi connectivity index (χ2v) is 9.48. The maximum absolute atomic E-state index is 13.8. The van der Waals surface area contributed by atoms with Gasteiger partial charge in [0.1, 0.15) is 5.82 Å². The second kappa shape index (κ2) is 10.4. The number of hydrogen-bond donors (Lipinski definition) is 1. The van der Waals surface area contributed by atoms with E-state index in [-0.39, 0.29) is 23.4 Å². The highest BCUT2D eigenvalue weighted by atomic mass is 35.5. The lowest BCUT2D eigenvalue weighted by molar-refractivity contribution is -0.124. The van der Waals surface area contributed by atoms with E-state index in [2.05, 4.69) is 5.32 Å². The van der Waals surface area contributed by atoms with Crippen molar-refractivity contribution in [3.05, 3.63) is 93.3 Å². The van der Waals surface area contributed by atoms with Crippen molar-refractivity contribution in [3.63, 3.8) is 0 Å².